The first-order valence-electron chi connectivity index (χ1n) is 8.09. The zero-order chi connectivity index (χ0) is 17.5. The number of nitrogens with one attached hydrogen (secondary N) is 3. The molecule has 7 heteroatoms. The van der Waals surface area contributed by atoms with Crippen molar-refractivity contribution in [3.63, 3.8) is 0 Å². The highest BCUT2D eigenvalue weighted by Gasteiger charge is 2.43. The highest BCUT2D eigenvalue weighted by molar-refractivity contribution is 6.07. The van der Waals surface area contributed by atoms with Crippen molar-refractivity contribution in [1.82, 2.24) is 20.9 Å². The van der Waals surface area contributed by atoms with E-state index in [4.69, 9.17) is 0 Å². The molecule has 2 aliphatic rings. The van der Waals surface area contributed by atoms with Gasteiger partial charge in [-0.3, -0.25) is 14.9 Å². The van der Waals surface area contributed by atoms with E-state index in [-0.39, 0.29) is 18.0 Å². The maximum Gasteiger partial charge on any atom is 0.322 e. The second-order valence-corrected chi connectivity index (χ2v) is 6.79. The van der Waals surface area contributed by atoms with Crippen molar-refractivity contribution in [1.29, 1.82) is 0 Å². The number of hydrogen-bond acceptors (Lipinski definition) is 4. The van der Waals surface area contributed by atoms with E-state index < -0.39 is 17.5 Å². The van der Waals surface area contributed by atoms with E-state index in [9.17, 15) is 14.4 Å². The summed E-state index contributed by atoms with van der Waals surface area (Å²) in [6, 6.07) is 6.85. The Balaban J connectivity index is 1.78. The molecule has 3 N–H and O–H groups in total. The van der Waals surface area contributed by atoms with Crippen LogP contribution in [0.2, 0.25) is 0 Å². The zero-order valence-electron chi connectivity index (χ0n) is 14.1. The van der Waals surface area contributed by atoms with Crippen molar-refractivity contribution in [3.05, 3.63) is 35.4 Å². The molecule has 0 saturated carbocycles. The van der Waals surface area contributed by atoms with Crippen LogP contribution in [0.1, 0.15) is 36.7 Å². The van der Waals surface area contributed by atoms with E-state index in [0.29, 0.717) is 24.2 Å². The van der Waals surface area contributed by atoms with E-state index >= 15 is 0 Å². The maximum absolute atomic E-state index is 12.7. The van der Waals surface area contributed by atoms with Gasteiger partial charge in [0.2, 0.25) is 0 Å². The smallest absolute Gasteiger partial charge is 0.322 e. The Labute approximate surface area is 140 Å². The van der Waals surface area contributed by atoms with Crippen LogP contribution < -0.4 is 16.0 Å². The minimum Gasteiger partial charge on any atom is -0.336 e. The summed E-state index contributed by atoms with van der Waals surface area (Å²) in [5.74, 6) is -0.414. The molecular formula is C17H22N4O3. The van der Waals surface area contributed by atoms with Crippen LogP contribution in [0.3, 0.4) is 0 Å². The molecule has 2 saturated heterocycles. The van der Waals surface area contributed by atoms with Crippen LogP contribution in [0.4, 0.5) is 4.79 Å². The SMILES string of the molecule is C[C@@H]1CN(C(=O)c2ccc([C@@]3(C)NC(=O)NC3=O)cc2)C[C@@H](C)N1. The number of piperazine rings is 1. The van der Waals surface area contributed by atoms with Crippen molar-refractivity contribution < 1.29 is 14.4 Å². The van der Waals surface area contributed by atoms with Gasteiger partial charge in [-0.05, 0) is 38.5 Å². The molecule has 0 bridgehead atoms. The van der Waals surface area contributed by atoms with Crippen LogP contribution in [0.25, 0.3) is 0 Å². The summed E-state index contributed by atoms with van der Waals surface area (Å²) in [4.78, 5) is 37.9. The second-order valence-electron chi connectivity index (χ2n) is 6.79. The Morgan fingerprint density at radius 3 is 2.21 bits per heavy atom. The average molecular weight is 330 g/mol. The van der Waals surface area contributed by atoms with Gasteiger partial charge in [0, 0.05) is 30.7 Å². The largest absolute Gasteiger partial charge is 0.336 e. The normalized spacial score (nSPS) is 30.0. The molecule has 1 aromatic rings. The number of amides is 4. The number of carbonyl (C=O) groups is 3. The Kier molecular flexibility index (Phi) is 4.04. The fraction of sp³-hybridized carbons (Fsp3) is 0.471. The van der Waals surface area contributed by atoms with Crippen LogP contribution in [0.15, 0.2) is 24.3 Å². The van der Waals surface area contributed by atoms with Crippen LogP contribution in [-0.4, -0.2) is 47.9 Å². The fourth-order valence-corrected chi connectivity index (χ4v) is 3.37. The Bertz CT molecular complexity index is 678. The van der Waals surface area contributed by atoms with Gasteiger partial charge in [0.25, 0.3) is 11.8 Å². The third kappa shape index (κ3) is 2.87. The minimum atomic E-state index is -1.10. The highest BCUT2D eigenvalue weighted by Crippen LogP contribution is 2.25. The minimum absolute atomic E-state index is 0.0215. The Hall–Kier alpha value is -2.41. The Morgan fingerprint density at radius 1 is 1.12 bits per heavy atom. The maximum atomic E-state index is 12.7. The summed E-state index contributed by atoms with van der Waals surface area (Å²) in [6.07, 6.45) is 0. The number of hydrogen-bond donors (Lipinski definition) is 3. The van der Waals surface area contributed by atoms with E-state index in [1.165, 1.54) is 0 Å². The van der Waals surface area contributed by atoms with Crippen LogP contribution in [0.5, 0.6) is 0 Å². The molecule has 24 heavy (non-hydrogen) atoms. The molecule has 0 radical (unpaired) electrons. The summed E-state index contributed by atoms with van der Waals surface area (Å²) in [5, 5.41) is 8.25. The van der Waals surface area contributed by atoms with Crippen LogP contribution >= 0.6 is 0 Å². The molecule has 3 atom stereocenters. The van der Waals surface area contributed by atoms with Gasteiger partial charge in [-0.1, -0.05) is 12.1 Å². The van der Waals surface area contributed by atoms with Gasteiger partial charge in [-0.25, -0.2) is 4.79 Å². The van der Waals surface area contributed by atoms with Crippen molar-refractivity contribution in [2.75, 3.05) is 13.1 Å². The topological polar surface area (TPSA) is 90.5 Å². The quantitative estimate of drug-likeness (QED) is 0.691. The first-order valence-corrected chi connectivity index (χ1v) is 8.09. The lowest BCUT2D eigenvalue weighted by atomic mass is 9.91. The number of nitrogens with zero attached hydrogens (tertiary/aromatic N) is 1. The fourth-order valence-electron chi connectivity index (χ4n) is 3.37. The lowest BCUT2D eigenvalue weighted by Crippen LogP contribution is -2.55. The molecular weight excluding hydrogens is 308 g/mol. The predicted octanol–water partition coefficient (Wildman–Crippen LogP) is 0.564. The molecule has 4 amide bonds. The monoisotopic (exact) mass is 330 g/mol. The molecule has 0 aliphatic carbocycles. The molecule has 2 heterocycles. The zero-order valence-corrected chi connectivity index (χ0v) is 14.1. The second kappa shape index (κ2) is 5.90. The van der Waals surface area contributed by atoms with Gasteiger partial charge in [0.15, 0.2) is 0 Å². The summed E-state index contributed by atoms with van der Waals surface area (Å²) >= 11 is 0. The van der Waals surface area contributed by atoms with Gasteiger partial charge in [0.05, 0.1) is 0 Å². The summed E-state index contributed by atoms with van der Waals surface area (Å²) in [6.45, 7) is 7.09. The van der Waals surface area contributed by atoms with Gasteiger partial charge in [-0.15, -0.1) is 0 Å². The number of benzene rings is 1. The van der Waals surface area contributed by atoms with Gasteiger partial charge >= 0.3 is 6.03 Å². The lowest BCUT2D eigenvalue weighted by molar-refractivity contribution is -0.123. The van der Waals surface area contributed by atoms with E-state index in [1.54, 1.807) is 31.2 Å². The van der Waals surface area contributed by atoms with E-state index in [0.717, 1.165) is 0 Å². The first-order chi connectivity index (χ1) is 11.3. The molecule has 0 aromatic heterocycles. The van der Waals surface area contributed by atoms with E-state index in [2.05, 4.69) is 29.8 Å². The number of rotatable bonds is 2. The summed E-state index contributed by atoms with van der Waals surface area (Å²) in [5.41, 5.74) is 0.120. The molecule has 0 spiro atoms. The predicted molar refractivity (Wildman–Crippen MR) is 88.4 cm³/mol. The van der Waals surface area contributed by atoms with Crippen molar-refractivity contribution in [3.8, 4) is 0 Å². The third-order valence-corrected chi connectivity index (χ3v) is 4.60. The van der Waals surface area contributed by atoms with Crippen molar-refractivity contribution in [2.24, 2.45) is 0 Å². The van der Waals surface area contributed by atoms with Crippen LogP contribution in [0, 0.1) is 0 Å². The van der Waals surface area contributed by atoms with Crippen LogP contribution in [-0.2, 0) is 10.3 Å². The van der Waals surface area contributed by atoms with Gasteiger partial charge in [0.1, 0.15) is 5.54 Å². The first kappa shape index (κ1) is 16.4. The summed E-state index contributed by atoms with van der Waals surface area (Å²) < 4.78 is 0. The van der Waals surface area contributed by atoms with E-state index in [1.807, 2.05) is 4.90 Å². The molecule has 2 fully saturated rings. The standard InChI is InChI=1S/C17H22N4O3/c1-10-8-21(9-11(2)18-10)14(22)12-4-6-13(7-5-12)17(3)15(23)19-16(24)20-17/h4-7,10-11,18H,8-9H2,1-3H3,(H2,19,20,23,24)/t10-,11-,17-/m1/s1. The van der Waals surface area contributed by atoms with Gasteiger partial charge < -0.3 is 15.5 Å². The average Bonchev–Trinajstić information content (AvgIpc) is 2.79. The number of imide groups is 1. The lowest BCUT2D eigenvalue weighted by Gasteiger charge is -2.36. The summed E-state index contributed by atoms with van der Waals surface area (Å²) in [7, 11) is 0. The molecule has 0 unspecified atom stereocenters. The number of urea groups is 1. The van der Waals surface area contributed by atoms with Gasteiger partial charge in [-0.2, -0.15) is 0 Å². The van der Waals surface area contributed by atoms with Crippen molar-refractivity contribution >= 4 is 17.8 Å². The molecule has 3 rings (SSSR count). The third-order valence-electron chi connectivity index (χ3n) is 4.60. The molecule has 7 nitrogen and oxygen atoms in total. The molecule has 128 valence electrons. The number of carbonyl (C=O) groups excluding carboxylic acids is 3. The van der Waals surface area contributed by atoms with Crippen molar-refractivity contribution in [2.45, 2.75) is 38.4 Å². The molecule has 1 aromatic carbocycles. The molecule has 2 aliphatic heterocycles. The highest BCUT2D eigenvalue weighted by atomic mass is 16.2. The Morgan fingerprint density at radius 2 is 1.71 bits per heavy atom.